The van der Waals surface area contributed by atoms with Crippen LogP contribution in [0.15, 0.2) is 33.6 Å². The molecule has 1 aromatic carbocycles. The monoisotopic (exact) mass is 199 g/mol. The molecule has 0 unspecified atom stereocenters. The molecule has 3 rings (SSSR count). The van der Waals surface area contributed by atoms with E-state index >= 15 is 0 Å². The van der Waals surface area contributed by atoms with Gasteiger partial charge in [0, 0.05) is 0 Å². The average Bonchev–Trinajstić information content (AvgIpc) is 2.77. The first kappa shape index (κ1) is 8.05. The second-order valence-corrected chi connectivity index (χ2v) is 3.10. The SMILES string of the molecule is O=COc1cccc2c1=C1N=NN=C1C=2. The Hall–Kier alpha value is -2.30. The third kappa shape index (κ3) is 1.03. The fraction of sp³-hybridized carbons (Fsp3) is 0. The molecule has 1 aromatic rings. The maximum atomic E-state index is 10.3. The first-order valence-corrected chi connectivity index (χ1v) is 4.34. The van der Waals surface area contributed by atoms with Gasteiger partial charge < -0.3 is 4.74 Å². The van der Waals surface area contributed by atoms with Gasteiger partial charge in [0.15, 0.2) is 0 Å². The highest BCUT2D eigenvalue weighted by molar-refractivity contribution is 6.36. The Balaban J connectivity index is 2.42. The Morgan fingerprint density at radius 2 is 2.27 bits per heavy atom. The van der Waals surface area contributed by atoms with E-state index in [-0.39, 0.29) is 0 Å². The maximum absolute atomic E-state index is 10.3. The maximum Gasteiger partial charge on any atom is 0.298 e. The minimum Gasteiger partial charge on any atom is -0.428 e. The molecule has 0 N–H and O–H groups in total. The van der Waals surface area contributed by atoms with Crippen LogP contribution in [0.1, 0.15) is 0 Å². The van der Waals surface area contributed by atoms with E-state index in [1.807, 2.05) is 18.2 Å². The molecule has 0 bridgehead atoms. The van der Waals surface area contributed by atoms with Crippen LogP contribution in [-0.4, -0.2) is 12.2 Å². The van der Waals surface area contributed by atoms with Crippen molar-refractivity contribution >= 4 is 24.0 Å². The van der Waals surface area contributed by atoms with Crippen LogP contribution in [0.3, 0.4) is 0 Å². The lowest BCUT2D eigenvalue weighted by molar-refractivity contribution is -0.120. The number of benzene rings is 1. The van der Waals surface area contributed by atoms with Gasteiger partial charge >= 0.3 is 0 Å². The van der Waals surface area contributed by atoms with Gasteiger partial charge in [0.05, 0.1) is 5.22 Å². The lowest BCUT2D eigenvalue weighted by Gasteiger charge is -1.97. The van der Waals surface area contributed by atoms with E-state index in [9.17, 15) is 4.79 Å². The van der Waals surface area contributed by atoms with Crippen molar-refractivity contribution in [2.24, 2.45) is 15.4 Å². The second-order valence-electron chi connectivity index (χ2n) is 3.10. The predicted octanol–water partition coefficient (Wildman–Crippen LogP) is -0.0541. The molecule has 5 nitrogen and oxygen atoms in total. The van der Waals surface area contributed by atoms with Gasteiger partial charge in [0.25, 0.3) is 6.47 Å². The van der Waals surface area contributed by atoms with Crippen LogP contribution < -0.4 is 15.2 Å². The first-order chi connectivity index (χ1) is 7.40. The summed E-state index contributed by atoms with van der Waals surface area (Å²) < 4.78 is 4.88. The summed E-state index contributed by atoms with van der Waals surface area (Å²) in [5.41, 5.74) is 1.38. The Kier molecular flexibility index (Phi) is 1.53. The molecule has 0 saturated carbocycles. The van der Waals surface area contributed by atoms with E-state index in [0.29, 0.717) is 23.6 Å². The van der Waals surface area contributed by atoms with Crippen molar-refractivity contribution in [1.82, 2.24) is 0 Å². The van der Waals surface area contributed by atoms with Crippen molar-refractivity contribution in [2.75, 3.05) is 0 Å². The number of carbonyl (C=O) groups excluding carboxylic acids is 1. The Bertz CT molecular complexity index is 629. The zero-order chi connectivity index (χ0) is 10.3. The van der Waals surface area contributed by atoms with Crippen LogP contribution in [0.2, 0.25) is 0 Å². The van der Waals surface area contributed by atoms with Crippen molar-refractivity contribution in [3.05, 3.63) is 28.6 Å². The fourth-order valence-corrected chi connectivity index (χ4v) is 1.71. The van der Waals surface area contributed by atoms with Crippen LogP contribution in [0.5, 0.6) is 5.75 Å². The summed E-state index contributed by atoms with van der Waals surface area (Å²) in [6.07, 6.45) is 1.86. The Labute approximate surface area is 84.1 Å². The summed E-state index contributed by atoms with van der Waals surface area (Å²) in [7, 11) is 0. The molecule has 2 aliphatic rings. The smallest absolute Gasteiger partial charge is 0.298 e. The number of carbonyl (C=O) groups is 1. The molecular formula is C10H5N3O2. The first-order valence-electron chi connectivity index (χ1n) is 4.34. The van der Waals surface area contributed by atoms with Gasteiger partial charge in [0.1, 0.15) is 17.2 Å². The van der Waals surface area contributed by atoms with E-state index in [1.165, 1.54) is 0 Å². The number of hydrogen-bond acceptors (Lipinski definition) is 5. The van der Waals surface area contributed by atoms with Crippen molar-refractivity contribution in [1.29, 1.82) is 0 Å². The highest BCUT2D eigenvalue weighted by atomic mass is 16.5. The van der Waals surface area contributed by atoms with E-state index < -0.39 is 0 Å². The normalized spacial score (nSPS) is 15.5. The summed E-state index contributed by atoms with van der Waals surface area (Å²) in [6, 6.07) is 5.44. The highest BCUT2D eigenvalue weighted by Gasteiger charge is 2.19. The van der Waals surface area contributed by atoms with Gasteiger partial charge in [-0.15, -0.1) is 10.2 Å². The van der Waals surface area contributed by atoms with Crippen LogP contribution >= 0.6 is 0 Å². The minimum absolute atomic E-state index is 0.400. The minimum atomic E-state index is 0.400. The summed E-state index contributed by atoms with van der Waals surface area (Å²) in [5.74, 6) is 0.486. The van der Waals surface area contributed by atoms with Crippen molar-refractivity contribution in [2.45, 2.75) is 0 Å². The molecule has 0 atom stereocenters. The van der Waals surface area contributed by atoms with Crippen LogP contribution in [0.4, 0.5) is 0 Å². The molecule has 0 fully saturated rings. The number of fused-ring (bicyclic) bond motifs is 2. The Morgan fingerprint density at radius 3 is 3.13 bits per heavy atom. The van der Waals surface area contributed by atoms with Crippen LogP contribution in [-0.2, 0) is 4.79 Å². The molecule has 0 amide bonds. The molecule has 0 radical (unpaired) electrons. The largest absolute Gasteiger partial charge is 0.428 e. The molecule has 1 heterocycles. The van der Waals surface area contributed by atoms with E-state index in [0.717, 1.165) is 10.4 Å². The summed E-state index contributed by atoms with van der Waals surface area (Å²) in [6.45, 7) is 0.400. The second kappa shape index (κ2) is 2.84. The van der Waals surface area contributed by atoms with Crippen molar-refractivity contribution in [3.63, 3.8) is 0 Å². The topological polar surface area (TPSA) is 63.4 Å². The van der Waals surface area contributed by atoms with E-state index in [1.54, 1.807) is 6.07 Å². The molecule has 0 spiro atoms. The molecule has 1 aliphatic heterocycles. The summed E-state index contributed by atoms with van der Waals surface area (Å²) >= 11 is 0. The summed E-state index contributed by atoms with van der Waals surface area (Å²) in [5, 5.41) is 13.0. The van der Waals surface area contributed by atoms with Gasteiger partial charge in [0.2, 0.25) is 0 Å². The standard InChI is InChI=1S/C10H5N3O2/c14-5-15-8-3-1-2-6-4-7-10(9(6)8)12-13-11-7/h1-5H. The molecule has 72 valence electrons. The number of nitrogens with zero attached hydrogens (tertiary/aromatic N) is 3. The highest BCUT2D eigenvalue weighted by Crippen LogP contribution is 2.15. The fourth-order valence-electron chi connectivity index (χ4n) is 1.71. The summed E-state index contributed by atoms with van der Waals surface area (Å²) in [4.78, 5) is 10.3. The van der Waals surface area contributed by atoms with E-state index in [2.05, 4.69) is 15.4 Å². The predicted molar refractivity (Wildman–Crippen MR) is 52.5 cm³/mol. The van der Waals surface area contributed by atoms with Crippen LogP contribution in [0.25, 0.3) is 11.8 Å². The molecular weight excluding hydrogens is 194 g/mol. The molecule has 0 aromatic heterocycles. The van der Waals surface area contributed by atoms with E-state index in [4.69, 9.17) is 4.74 Å². The van der Waals surface area contributed by atoms with Gasteiger partial charge in [-0.3, -0.25) is 4.79 Å². The zero-order valence-electron chi connectivity index (χ0n) is 7.54. The average molecular weight is 199 g/mol. The molecule has 1 aliphatic carbocycles. The Morgan fingerprint density at radius 1 is 1.33 bits per heavy atom. The number of ether oxygens (including phenoxy) is 1. The molecule has 0 saturated heterocycles. The van der Waals surface area contributed by atoms with Crippen LogP contribution in [0, 0.1) is 0 Å². The third-order valence-electron chi connectivity index (χ3n) is 2.30. The number of rotatable bonds is 2. The lowest BCUT2D eigenvalue weighted by atomic mass is 10.2. The van der Waals surface area contributed by atoms with Gasteiger partial charge in [-0.1, -0.05) is 12.1 Å². The van der Waals surface area contributed by atoms with Gasteiger partial charge in [-0.2, -0.15) is 0 Å². The molecule has 15 heavy (non-hydrogen) atoms. The zero-order valence-corrected chi connectivity index (χ0v) is 7.54. The van der Waals surface area contributed by atoms with Gasteiger partial charge in [-0.25, -0.2) is 0 Å². The van der Waals surface area contributed by atoms with Gasteiger partial charge in [-0.05, 0) is 22.6 Å². The number of hydrogen-bond donors (Lipinski definition) is 0. The third-order valence-corrected chi connectivity index (χ3v) is 2.30. The van der Waals surface area contributed by atoms with Crippen molar-refractivity contribution in [3.8, 4) is 5.75 Å². The van der Waals surface area contributed by atoms with Crippen molar-refractivity contribution < 1.29 is 9.53 Å². The quantitative estimate of drug-likeness (QED) is 0.626. The molecule has 5 heteroatoms. The lowest BCUT2D eigenvalue weighted by Crippen LogP contribution is -2.24.